The predicted molar refractivity (Wildman–Crippen MR) is 116 cm³/mol. The van der Waals surface area contributed by atoms with Crippen LogP contribution in [0.25, 0.3) is 0 Å². The number of primary sulfonamides is 1. The van der Waals surface area contributed by atoms with E-state index in [1.807, 2.05) is 38.1 Å². The molecule has 2 aromatic rings. The Bertz CT molecular complexity index is 877. The molecule has 0 aliphatic carbocycles. The Morgan fingerprint density at radius 3 is 2.31 bits per heavy atom. The van der Waals surface area contributed by atoms with E-state index in [0.717, 1.165) is 17.1 Å². The SMILES string of the molecule is CCOc1ccccc1OCCN[C@H](C)Cc1ccc(S(N)(=O)=O)c(OC)c1.Cl. The molecule has 2 rings (SSSR count). The van der Waals surface area contributed by atoms with E-state index in [4.69, 9.17) is 19.3 Å². The maximum atomic E-state index is 11.6. The lowest BCUT2D eigenvalue weighted by Gasteiger charge is -2.16. The Morgan fingerprint density at radius 1 is 1.07 bits per heavy atom. The van der Waals surface area contributed by atoms with Gasteiger partial charge in [0.2, 0.25) is 10.0 Å². The van der Waals surface area contributed by atoms with Gasteiger partial charge in [-0.3, -0.25) is 0 Å². The quantitative estimate of drug-likeness (QED) is 0.517. The van der Waals surface area contributed by atoms with Crippen LogP contribution in [0.2, 0.25) is 0 Å². The van der Waals surface area contributed by atoms with Gasteiger partial charge in [0.1, 0.15) is 17.3 Å². The van der Waals surface area contributed by atoms with Crippen molar-refractivity contribution in [3.8, 4) is 17.2 Å². The van der Waals surface area contributed by atoms with Crippen LogP contribution in [0, 0.1) is 0 Å². The van der Waals surface area contributed by atoms with Crippen LogP contribution >= 0.6 is 12.4 Å². The van der Waals surface area contributed by atoms with E-state index >= 15 is 0 Å². The van der Waals surface area contributed by atoms with Crippen molar-refractivity contribution in [2.75, 3.05) is 26.9 Å². The fourth-order valence-corrected chi connectivity index (χ4v) is 3.49. The summed E-state index contributed by atoms with van der Waals surface area (Å²) in [4.78, 5) is -0.0132. The molecule has 0 aliphatic heterocycles. The number of nitrogens with two attached hydrogens (primary N) is 1. The fourth-order valence-electron chi connectivity index (χ4n) is 2.81. The monoisotopic (exact) mass is 444 g/mol. The lowest BCUT2D eigenvalue weighted by molar-refractivity contribution is 0.272. The first-order valence-corrected chi connectivity index (χ1v) is 10.7. The fraction of sp³-hybridized carbons (Fsp3) is 0.400. The number of nitrogens with one attached hydrogen (secondary N) is 1. The largest absolute Gasteiger partial charge is 0.495 e. The standard InChI is InChI=1S/C20H28N2O5S.ClH/c1-4-26-17-7-5-6-8-18(17)27-12-11-22-15(2)13-16-9-10-20(28(21,23)24)19(14-16)25-3;/h5-10,14-15,22H,4,11-13H2,1-3H3,(H2,21,23,24);1H/t15-;/m1./s1. The molecule has 0 fully saturated rings. The van der Waals surface area contributed by atoms with E-state index in [1.165, 1.54) is 13.2 Å². The summed E-state index contributed by atoms with van der Waals surface area (Å²) >= 11 is 0. The van der Waals surface area contributed by atoms with Crippen molar-refractivity contribution < 1.29 is 22.6 Å². The molecule has 0 aliphatic rings. The molecule has 0 radical (unpaired) electrons. The third-order valence-corrected chi connectivity index (χ3v) is 5.03. The van der Waals surface area contributed by atoms with Crippen molar-refractivity contribution in [1.29, 1.82) is 0 Å². The highest BCUT2D eigenvalue weighted by Gasteiger charge is 2.16. The van der Waals surface area contributed by atoms with E-state index < -0.39 is 10.0 Å². The predicted octanol–water partition coefficient (Wildman–Crippen LogP) is 2.76. The van der Waals surface area contributed by atoms with Gasteiger partial charge >= 0.3 is 0 Å². The zero-order valence-electron chi connectivity index (χ0n) is 16.9. The van der Waals surface area contributed by atoms with Crippen LogP contribution in [-0.4, -0.2) is 41.3 Å². The number of methoxy groups -OCH3 is 1. The summed E-state index contributed by atoms with van der Waals surface area (Å²) in [5.74, 6) is 1.71. The number of ether oxygens (including phenoxy) is 3. The van der Waals surface area contributed by atoms with E-state index in [9.17, 15) is 8.42 Å². The van der Waals surface area contributed by atoms with Gasteiger partial charge in [0.05, 0.1) is 13.7 Å². The van der Waals surface area contributed by atoms with Gasteiger partial charge in [0.25, 0.3) is 0 Å². The number of rotatable bonds is 11. The molecule has 1 atom stereocenters. The molecule has 2 aromatic carbocycles. The van der Waals surface area contributed by atoms with Gasteiger partial charge in [0, 0.05) is 12.6 Å². The lowest BCUT2D eigenvalue weighted by Crippen LogP contribution is -2.31. The molecule has 0 spiro atoms. The highest BCUT2D eigenvalue weighted by Crippen LogP contribution is 2.26. The van der Waals surface area contributed by atoms with E-state index in [-0.39, 0.29) is 29.1 Å². The van der Waals surface area contributed by atoms with Gasteiger partial charge in [-0.25, -0.2) is 13.6 Å². The molecule has 0 unspecified atom stereocenters. The minimum Gasteiger partial charge on any atom is -0.495 e. The topological polar surface area (TPSA) is 99.9 Å². The zero-order valence-corrected chi connectivity index (χ0v) is 18.5. The Balaban J connectivity index is 0.00000420. The molecule has 29 heavy (non-hydrogen) atoms. The molecule has 0 saturated carbocycles. The van der Waals surface area contributed by atoms with Crippen LogP contribution in [0.3, 0.4) is 0 Å². The summed E-state index contributed by atoms with van der Waals surface area (Å²) in [6.45, 7) is 5.73. The van der Waals surface area contributed by atoms with Gasteiger partial charge < -0.3 is 19.5 Å². The highest BCUT2D eigenvalue weighted by atomic mass is 35.5. The first-order valence-electron chi connectivity index (χ1n) is 9.13. The van der Waals surface area contributed by atoms with Crippen molar-refractivity contribution in [2.24, 2.45) is 5.14 Å². The van der Waals surface area contributed by atoms with E-state index in [1.54, 1.807) is 12.1 Å². The van der Waals surface area contributed by atoms with Crippen LogP contribution in [0.1, 0.15) is 19.4 Å². The van der Waals surface area contributed by atoms with Crippen LogP contribution in [-0.2, 0) is 16.4 Å². The summed E-state index contributed by atoms with van der Waals surface area (Å²) < 4.78 is 39.6. The second-order valence-corrected chi connectivity index (χ2v) is 7.85. The summed E-state index contributed by atoms with van der Waals surface area (Å²) in [5, 5.41) is 8.59. The number of sulfonamides is 1. The van der Waals surface area contributed by atoms with E-state index in [0.29, 0.717) is 26.2 Å². The average molecular weight is 445 g/mol. The number of halogens is 1. The van der Waals surface area contributed by atoms with Crippen molar-refractivity contribution in [3.05, 3.63) is 48.0 Å². The molecule has 9 heteroatoms. The smallest absolute Gasteiger partial charge is 0.241 e. The third-order valence-electron chi connectivity index (χ3n) is 4.08. The van der Waals surface area contributed by atoms with Crippen molar-refractivity contribution >= 4 is 22.4 Å². The Morgan fingerprint density at radius 2 is 1.72 bits per heavy atom. The minimum absolute atomic E-state index is 0. The normalized spacial score (nSPS) is 12.0. The van der Waals surface area contributed by atoms with E-state index in [2.05, 4.69) is 5.32 Å². The molecule has 0 bridgehead atoms. The first-order chi connectivity index (χ1) is 13.3. The van der Waals surface area contributed by atoms with Gasteiger partial charge in [-0.15, -0.1) is 12.4 Å². The maximum Gasteiger partial charge on any atom is 0.241 e. The second kappa shape index (κ2) is 11.9. The number of hydrogen-bond donors (Lipinski definition) is 2. The molecule has 0 aromatic heterocycles. The van der Waals surface area contributed by atoms with Crippen molar-refractivity contribution in [2.45, 2.75) is 31.2 Å². The summed E-state index contributed by atoms with van der Waals surface area (Å²) in [6, 6.07) is 12.7. The molecule has 0 heterocycles. The molecule has 0 amide bonds. The van der Waals surface area contributed by atoms with Gasteiger partial charge in [-0.05, 0) is 50.1 Å². The summed E-state index contributed by atoms with van der Waals surface area (Å²) in [6.07, 6.45) is 0.705. The maximum absolute atomic E-state index is 11.6. The summed E-state index contributed by atoms with van der Waals surface area (Å²) in [5.41, 5.74) is 0.951. The Kier molecular flexibility index (Phi) is 10.2. The number of hydrogen-bond acceptors (Lipinski definition) is 6. The Hall–Kier alpha value is -2.00. The van der Waals surface area contributed by atoms with Crippen molar-refractivity contribution in [1.82, 2.24) is 5.32 Å². The van der Waals surface area contributed by atoms with Crippen LogP contribution in [0.5, 0.6) is 17.2 Å². The number of benzene rings is 2. The molecule has 3 N–H and O–H groups in total. The summed E-state index contributed by atoms with van der Waals surface area (Å²) in [7, 11) is -2.39. The highest BCUT2D eigenvalue weighted by molar-refractivity contribution is 7.89. The van der Waals surface area contributed by atoms with Gasteiger partial charge in [-0.1, -0.05) is 18.2 Å². The van der Waals surface area contributed by atoms with Crippen LogP contribution < -0.4 is 24.7 Å². The Labute approximate surface area is 179 Å². The third kappa shape index (κ3) is 7.74. The molecular weight excluding hydrogens is 416 g/mol. The lowest BCUT2D eigenvalue weighted by atomic mass is 10.1. The molecule has 0 saturated heterocycles. The van der Waals surface area contributed by atoms with Gasteiger partial charge in [0.15, 0.2) is 11.5 Å². The second-order valence-electron chi connectivity index (χ2n) is 6.32. The van der Waals surface area contributed by atoms with Crippen LogP contribution in [0.4, 0.5) is 0 Å². The van der Waals surface area contributed by atoms with Crippen molar-refractivity contribution in [3.63, 3.8) is 0 Å². The zero-order chi connectivity index (χ0) is 20.6. The van der Waals surface area contributed by atoms with Gasteiger partial charge in [-0.2, -0.15) is 0 Å². The van der Waals surface area contributed by atoms with Crippen LogP contribution in [0.15, 0.2) is 47.4 Å². The first kappa shape index (κ1) is 25.0. The molecule has 162 valence electrons. The average Bonchev–Trinajstić information content (AvgIpc) is 2.65. The number of para-hydroxylation sites is 2. The minimum atomic E-state index is -3.81. The molecular formula is C20H29ClN2O5S. The molecule has 7 nitrogen and oxygen atoms in total.